The summed E-state index contributed by atoms with van der Waals surface area (Å²) in [5.74, 6) is 1.89. The average molecular weight is 308 g/mol. The number of imidazole rings is 1. The van der Waals surface area contributed by atoms with Crippen LogP contribution in [0, 0.1) is 0 Å². The smallest absolute Gasteiger partial charge is 0.152 e. The Bertz CT molecular complexity index is 776. The number of fused-ring (bicyclic) bond motifs is 1. The Morgan fingerprint density at radius 1 is 1.17 bits per heavy atom. The number of rotatable bonds is 3. The van der Waals surface area contributed by atoms with E-state index in [0.29, 0.717) is 12.1 Å². The van der Waals surface area contributed by atoms with Crippen molar-refractivity contribution in [1.82, 2.24) is 24.7 Å². The molecule has 1 N–H and O–H groups in total. The molecule has 0 saturated carbocycles. The molecule has 0 amide bonds. The number of pyridine rings is 1. The molecular weight excluding hydrogens is 288 g/mol. The zero-order valence-corrected chi connectivity index (χ0v) is 13.1. The van der Waals surface area contributed by atoms with Crippen LogP contribution in [-0.2, 0) is 0 Å². The standard InChI is InChI=1S/C17H20N6/c1-13-5-6-14(10-20-13)23(16-11-18-7-8-19-16)17-12-21-15-4-2-3-9-22(15)17/h2-4,7-9,11-14,20H,5-6,10H2,1H3. The minimum atomic E-state index is 0.336. The van der Waals surface area contributed by atoms with Gasteiger partial charge in [-0.1, -0.05) is 6.07 Å². The molecule has 0 aromatic carbocycles. The van der Waals surface area contributed by atoms with E-state index < -0.39 is 0 Å². The van der Waals surface area contributed by atoms with Gasteiger partial charge in [-0.25, -0.2) is 9.97 Å². The van der Waals surface area contributed by atoms with E-state index in [2.05, 4.69) is 36.5 Å². The fraction of sp³-hybridized carbons (Fsp3) is 0.353. The number of nitrogens with one attached hydrogen (secondary N) is 1. The highest BCUT2D eigenvalue weighted by atomic mass is 15.3. The van der Waals surface area contributed by atoms with Crippen LogP contribution in [0.3, 0.4) is 0 Å². The van der Waals surface area contributed by atoms with E-state index in [4.69, 9.17) is 0 Å². The van der Waals surface area contributed by atoms with E-state index in [1.807, 2.05) is 36.8 Å². The van der Waals surface area contributed by atoms with Crippen molar-refractivity contribution in [2.45, 2.75) is 31.8 Å². The fourth-order valence-electron chi connectivity index (χ4n) is 3.21. The molecule has 0 spiro atoms. The lowest BCUT2D eigenvalue weighted by Gasteiger charge is -2.36. The van der Waals surface area contributed by atoms with Crippen molar-refractivity contribution >= 4 is 17.3 Å². The molecule has 118 valence electrons. The SMILES string of the molecule is CC1CCC(N(c2cnccn2)c2cnc3ccccn23)CN1. The van der Waals surface area contributed by atoms with Crippen LogP contribution in [0.15, 0.2) is 49.2 Å². The molecule has 0 aliphatic carbocycles. The topological polar surface area (TPSA) is 58.4 Å². The molecule has 1 aliphatic heterocycles. The van der Waals surface area contributed by atoms with Gasteiger partial charge in [-0.3, -0.25) is 9.38 Å². The number of anilines is 2. The third-order valence-corrected chi connectivity index (χ3v) is 4.44. The van der Waals surface area contributed by atoms with Crippen molar-refractivity contribution in [1.29, 1.82) is 0 Å². The number of aromatic nitrogens is 4. The van der Waals surface area contributed by atoms with Crippen LogP contribution in [0.25, 0.3) is 5.65 Å². The van der Waals surface area contributed by atoms with E-state index in [0.717, 1.165) is 36.7 Å². The van der Waals surface area contributed by atoms with E-state index in [-0.39, 0.29) is 0 Å². The van der Waals surface area contributed by atoms with Crippen molar-refractivity contribution in [3.05, 3.63) is 49.2 Å². The highest BCUT2D eigenvalue weighted by molar-refractivity contribution is 5.61. The van der Waals surface area contributed by atoms with E-state index in [1.165, 1.54) is 0 Å². The van der Waals surface area contributed by atoms with Gasteiger partial charge in [0.05, 0.1) is 12.4 Å². The summed E-state index contributed by atoms with van der Waals surface area (Å²) in [6.45, 7) is 3.16. The number of hydrogen-bond donors (Lipinski definition) is 1. The van der Waals surface area contributed by atoms with Crippen LogP contribution < -0.4 is 10.2 Å². The first kappa shape index (κ1) is 14.1. The summed E-state index contributed by atoms with van der Waals surface area (Å²) in [5, 5.41) is 3.57. The second-order valence-corrected chi connectivity index (χ2v) is 6.02. The fourth-order valence-corrected chi connectivity index (χ4v) is 3.21. The van der Waals surface area contributed by atoms with Gasteiger partial charge in [0.25, 0.3) is 0 Å². The van der Waals surface area contributed by atoms with Gasteiger partial charge in [0, 0.05) is 37.2 Å². The molecular formula is C17H20N6. The lowest BCUT2D eigenvalue weighted by Crippen LogP contribution is -2.47. The van der Waals surface area contributed by atoms with Gasteiger partial charge in [0.1, 0.15) is 11.5 Å². The lowest BCUT2D eigenvalue weighted by atomic mass is 10.0. The Kier molecular flexibility index (Phi) is 3.67. The lowest BCUT2D eigenvalue weighted by molar-refractivity contribution is 0.379. The molecule has 0 radical (unpaired) electrons. The normalized spacial score (nSPS) is 21.4. The molecule has 2 atom stereocenters. The zero-order valence-electron chi connectivity index (χ0n) is 13.1. The second kappa shape index (κ2) is 5.96. The molecule has 23 heavy (non-hydrogen) atoms. The van der Waals surface area contributed by atoms with Crippen molar-refractivity contribution in [2.75, 3.05) is 11.4 Å². The minimum Gasteiger partial charge on any atom is -0.312 e. The largest absolute Gasteiger partial charge is 0.312 e. The van der Waals surface area contributed by atoms with Gasteiger partial charge < -0.3 is 10.2 Å². The van der Waals surface area contributed by atoms with E-state index in [9.17, 15) is 0 Å². The summed E-state index contributed by atoms with van der Waals surface area (Å²) >= 11 is 0. The molecule has 2 unspecified atom stereocenters. The molecule has 6 nitrogen and oxygen atoms in total. The summed E-state index contributed by atoms with van der Waals surface area (Å²) in [6, 6.07) is 6.94. The molecule has 6 heteroatoms. The molecule has 4 heterocycles. The first-order valence-electron chi connectivity index (χ1n) is 8.03. The van der Waals surface area contributed by atoms with Crippen molar-refractivity contribution < 1.29 is 0 Å². The van der Waals surface area contributed by atoms with Crippen LogP contribution in [0.5, 0.6) is 0 Å². The minimum absolute atomic E-state index is 0.336. The molecule has 0 bridgehead atoms. The number of nitrogens with zero attached hydrogens (tertiary/aromatic N) is 5. The predicted octanol–water partition coefficient (Wildman–Crippen LogP) is 2.40. The van der Waals surface area contributed by atoms with Gasteiger partial charge in [0.15, 0.2) is 5.82 Å². The molecule has 1 saturated heterocycles. The molecule has 3 aromatic rings. The maximum atomic E-state index is 4.53. The monoisotopic (exact) mass is 308 g/mol. The second-order valence-electron chi connectivity index (χ2n) is 6.02. The van der Waals surface area contributed by atoms with Crippen LogP contribution in [-0.4, -0.2) is 38.0 Å². The Hall–Kier alpha value is -2.47. The third-order valence-electron chi connectivity index (χ3n) is 4.44. The van der Waals surface area contributed by atoms with Crippen LogP contribution >= 0.6 is 0 Å². The molecule has 1 fully saturated rings. The van der Waals surface area contributed by atoms with Crippen molar-refractivity contribution in [3.8, 4) is 0 Å². The summed E-state index contributed by atoms with van der Waals surface area (Å²) in [5.41, 5.74) is 0.938. The maximum Gasteiger partial charge on any atom is 0.152 e. The maximum absolute atomic E-state index is 4.53. The Morgan fingerprint density at radius 3 is 2.91 bits per heavy atom. The molecule has 3 aromatic heterocycles. The first-order valence-corrected chi connectivity index (χ1v) is 8.03. The van der Waals surface area contributed by atoms with Crippen LogP contribution in [0.4, 0.5) is 11.6 Å². The Balaban J connectivity index is 1.79. The van der Waals surface area contributed by atoms with Crippen LogP contribution in [0.1, 0.15) is 19.8 Å². The quantitative estimate of drug-likeness (QED) is 0.805. The molecule has 1 aliphatic rings. The van der Waals surface area contributed by atoms with E-state index >= 15 is 0 Å². The predicted molar refractivity (Wildman–Crippen MR) is 89.8 cm³/mol. The highest BCUT2D eigenvalue weighted by Gasteiger charge is 2.28. The van der Waals surface area contributed by atoms with Crippen LogP contribution in [0.2, 0.25) is 0 Å². The summed E-state index contributed by atoms with van der Waals surface area (Å²) < 4.78 is 2.10. The zero-order chi connectivity index (χ0) is 15.6. The Morgan fingerprint density at radius 2 is 2.13 bits per heavy atom. The van der Waals surface area contributed by atoms with E-state index in [1.54, 1.807) is 12.4 Å². The van der Waals surface area contributed by atoms with Gasteiger partial charge in [0.2, 0.25) is 0 Å². The van der Waals surface area contributed by atoms with Gasteiger partial charge in [-0.2, -0.15) is 0 Å². The first-order chi connectivity index (χ1) is 11.3. The summed E-state index contributed by atoms with van der Waals surface area (Å²) in [7, 11) is 0. The highest BCUT2D eigenvalue weighted by Crippen LogP contribution is 2.29. The van der Waals surface area contributed by atoms with Gasteiger partial charge >= 0.3 is 0 Å². The summed E-state index contributed by atoms with van der Waals surface area (Å²) in [4.78, 5) is 15.6. The van der Waals surface area contributed by atoms with Gasteiger partial charge in [-0.05, 0) is 31.9 Å². The Labute approximate surface area is 135 Å². The van der Waals surface area contributed by atoms with Gasteiger partial charge in [-0.15, -0.1) is 0 Å². The average Bonchev–Trinajstić information content (AvgIpc) is 3.02. The summed E-state index contributed by atoms with van der Waals surface area (Å²) in [6.07, 6.45) is 11.5. The third kappa shape index (κ3) is 2.66. The number of hydrogen-bond acceptors (Lipinski definition) is 5. The number of piperidine rings is 1. The molecule has 4 rings (SSSR count). The van der Waals surface area contributed by atoms with Crippen molar-refractivity contribution in [3.63, 3.8) is 0 Å². The van der Waals surface area contributed by atoms with Crippen molar-refractivity contribution in [2.24, 2.45) is 0 Å².